The van der Waals surface area contributed by atoms with Crippen molar-refractivity contribution in [1.29, 1.82) is 0 Å². The van der Waals surface area contributed by atoms with Crippen LogP contribution in [0.5, 0.6) is 0 Å². The van der Waals surface area contributed by atoms with Crippen molar-refractivity contribution < 1.29 is 19.1 Å². The molecule has 0 spiro atoms. The van der Waals surface area contributed by atoms with E-state index in [-0.39, 0.29) is 12.0 Å². The molecule has 3 N–H and O–H groups in total. The summed E-state index contributed by atoms with van der Waals surface area (Å²) in [6.07, 6.45) is 2.55. The number of amides is 3. The van der Waals surface area contributed by atoms with Crippen molar-refractivity contribution in [1.82, 2.24) is 10.2 Å². The quantitative estimate of drug-likeness (QED) is 0.791. The van der Waals surface area contributed by atoms with E-state index in [1.807, 2.05) is 20.8 Å². The van der Waals surface area contributed by atoms with Crippen LogP contribution < -0.4 is 11.1 Å². The summed E-state index contributed by atoms with van der Waals surface area (Å²) in [5.41, 5.74) is 4.92. The first kappa shape index (κ1) is 19.0. The van der Waals surface area contributed by atoms with E-state index in [0.717, 1.165) is 25.2 Å². The third-order valence-electron chi connectivity index (χ3n) is 6.34. The summed E-state index contributed by atoms with van der Waals surface area (Å²) < 4.78 is 5.56. The molecule has 2 aliphatic carbocycles. The molecule has 146 valence electrons. The average molecular weight is 365 g/mol. The Morgan fingerprint density at radius 1 is 1.19 bits per heavy atom. The normalized spacial score (nSPS) is 34.2. The van der Waals surface area contributed by atoms with E-state index < -0.39 is 29.5 Å². The molecule has 3 rings (SSSR count). The van der Waals surface area contributed by atoms with Gasteiger partial charge in [0.25, 0.3) is 0 Å². The standard InChI is InChI=1S/C19H31N3O4/c1-10-12-8-11(9-13(10)12)26-18(25)21-15(19(2,3)4)17(24)22-7-5-6-14(22)16(20)23/h10-15H,5-9H2,1-4H3,(H2,20,23)(H,21,25)/t10?,11?,12?,13?,14-,15+/m0/s1. The van der Waals surface area contributed by atoms with Crippen LogP contribution in [0.25, 0.3) is 0 Å². The zero-order valence-corrected chi connectivity index (χ0v) is 16.2. The van der Waals surface area contributed by atoms with Crippen molar-refractivity contribution in [3.8, 4) is 0 Å². The van der Waals surface area contributed by atoms with Gasteiger partial charge in [-0.15, -0.1) is 0 Å². The zero-order valence-electron chi connectivity index (χ0n) is 16.2. The molecule has 7 heteroatoms. The molecule has 3 fully saturated rings. The third-order valence-corrected chi connectivity index (χ3v) is 6.34. The predicted octanol–water partition coefficient (Wildman–Crippen LogP) is 1.65. The molecular weight excluding hydrogens is 334 g/mol. The fraction of sp³-hybridized carbons (Fsp3) is 0.842. The van der Waals surface area contributed by atoms with Crippen LogP contribution in [0.15, 0.2) is 0 Å². The predicted molar refractivity (Wildman–Crippen MR) is 96.0 cm³/mol. The number of nitrogens with one attached hydrogen (secondary N) is 1. The second-order valence-corrected chi connectivity index (χ2v) is 9.22. The van der Waals surface area contributed by atoms with Crippen molar-refractivity contribution in [3.05, 3.63) is 0 Å². The SMILES string of the molecule is CC1C2CC(OC(=O)N[C@H](C(=O)N3CCC[C@H]3C(N)=O)C(C)(C)C)CC12. The van der Waals surface area contributed by atoms with Gasteiger partial charge in [-0.3, -0.25) is 9.59 Å². The van der Waals surface area contributed by atoms with Crippen molar-refractivity contribution in [3.63, 3.8) is 0 Å². The summed E-state index contributed by atoms with van der Waals surface area (Å²) in [5, 5.41) is 2.76. The molecule has 7 nitrogen and oxygen atoms in total. The topological polar surface area (TPSA) is 102 Å². The maximum atomic E-state index is 13.0. The summed E-state index contributed by atoms with van der Waals surface area (Å²) in [5.74, 6) is 1.37. The Kier molecular flexibility index (Phi) is 4.92. The number of hydrogen-bond acceptors (Lipinski definition) is 4. The number of nitrogens with two attached hydrogens (primary N) is 1. The largest absolute Gasteiger partial charge is 0.446 e. The molecule has 2 unspecified atom stereocenters. The molecule has 26 heavy (non-hydrogen) atoms. The van der Waals surface area contributed by atoms with Gasteiger partial charge in [0.15, 0.2) is 0 Å². The van der Waals surface area contributed by atoms with E-state index in [1.165, 1.54) is 4.90 Å². The van der Waals surface area contributed by atoms with Gasteiger partial charge < -0.3 is 20.7 Å². The van der Waals surface area contributed by atoms with Crippen LogP contribution in [0.2, 0.25) is 0 Å². The van der Waals surface area contributed by atoms with E-state index in [0.29, 0.717) is 24.8 Å². The number of rotatable bonds is 4. The van der Waals surface area contributed by atoms with Crippen molar-refractivity contribution >= 4 is 17.9 Å². The molecule has 1 heterocycles. The Morgan fingerprint density at radius 2 is 1.81 bits per heavy atom. The molecule has 0 aromatic heterocycles. The smallest absolute Gasteiger partial charge is 0.408 e. The molecule has 0 radical (unpaired) electrons. The summed E-state index contributed by atoms with van der Waals surface area (Å²) in [4.78, 5) is 38.6. The van der Waals surface area contributed by atoms with E-state index >= 15 is 0 Å². The molecule has 1 aliphatic heterocycles. The van der Waals surface area contributed by atoms with Crippen LogP contribution >= 0.6 is 0 Å². The van der Waals surface area contributed by atoms with E-state index in [4.69, 9.17) is 10.5 Å². The Hall–Kier alpha value is -1.79. The fourth-order valence-corrected chi connectivity index (χ4v) is 4.66. The number of carbonyl (C=O) groups excluding carboxylic acids is 3. The Bertz CT molecular complexity index is 588. The van der Waals surface area contributed by atoms with Crippen molar-refractivity contribution in [2.75, 3.05) is 6.54 Å². The lowest BCUT2D eigenvalue weighted by Crippen LogP contribution is -2.57. The summed E-state index contributed by atoms with van der Waals surface area (Å²) in [7, 11) is 0. The second-order valence-electron chi connectivity index (χ2n) is 9.22. The average Bonchev–Trinajstić information content (AvgIpc) is 2.98. The summed E-state index contributed by atoms with van der Waals surface area (Å²) in [6.45, 7) is 8.39. The van der Waals surface area contributed by atoms with Crippen LogP contribution in [-0.2, 0) is 14.3 Å². The minimum atomic E-state index is -0.759. The number of likely N-dealkylation sites (tertiary alicyclic amines) is 1. The Labute approximate surface area is 155 Å². The highest BCUT2D eigenvalue weighted by Gasteiger charge is 2.54. The second kappa shape index (κ2) is 6.74. The van der Waals surface area contributed by atoms with E-state index in [1.54, 1.807) is 0 Å². The minimum Gasteiger partial charge on any atom is -0.446 e. The lowest BCUT2D eigenvalue weighted by molar-refractivity contribution is -0.141. The van der Waals surface area contributed by atoms with E-state index in [9.17, 15) is 14.4 Å². The van der Waals surface area contributed by atoms with Crippen molar-refractivity contribution in [2.45, 2.75) is 71.6 Å². The number of nitrogens with zero attached hydrogens (tertiary/aromatic N) is 1. The number of carbonyl (C=O) groups is 3. The minimum absolute atomic E-state index is 0.0536. The monoisotopic (exact) mass is 365 g/mol. The lowest BCUT2D eigenvalue weighted by atomic mass is 9.85. The lowest BCUT2D eigenvalue weighted by Gasteiger charge is -2.35. The van der Waals surface area contributed by atoms with Crippen LogP contribution in [0, 0.1) is 23.2 Å². The van der Waals surface area contributed by atoms with Gasteiger partial charge >= 0.3 is 6.09 Å². The van der Waals surface area contributed by atoms with Gasteiger partial charge in [0, 0.05) is 6.54 Å². The Morgan fingerprint density at radius 3 is 2.35 bits per heavy atom. The van der Waals surface area contributed by atoms with Gasteiger partial charge in [0.05, 0.1) is 0 Å². The molecule has 3 aliphatic rings. The van der Waals surface area contributed by atoms with Crippen LogP contribution in [-0.4, -0.2) is 47.5 Å². The van der Waals surface area contributed by atoms with Gasteiger partial charge in [0.2, 0.25) is 11.8 Å². The molecule has 2 saturated carbocycles. The number of alkyl carbamates (subject to hydrolysis) is 1. The molecule has 0 aromatic rings. The molecule has 0 bridgehead atoms. The number of primary amides is 1. The van der Waals surface area contributed by atoms with Gasteiger partial charge in [0.1, 0.15) is 18.2 Å². The molecular formula is C19H31N3O4. The maximum Gasteiger partial charge on any atom is 0.408 e. The highest BCUT2D eigenvalue weighted by molar-refractivity contribution is 5.91. The van der Waals surface area contributed by atoms with Gasteiger partial charge in [-0.05, 0) is 48.9 Å². The number of hydrogen-bond donors (Lipinski definition) is 2. The highest BCUT2D eigenvalue weighted by atomic mass is 16.6. The van der Waals surface area contributed by atoms with Crippen molar-refractivity contribution in [2.24, 2.45) is 28.9 Å². The molecule has 4 atom stereocenters. The van der Waals surface area contributed by atoms with Crippen LogP contribution in [0.1, 0.15) is 53.4 Å². The van der Waals surface area contributed by atoms with Gasteiger partial charge in [-0.25, -0.2) is 4.79 Å². The molecule has 1 saturated heterocycles. The first-order valence-electron chi connectivity index (χ1n) is 9.66. The molecule has 0 aromatic carbocycles. The zero-order chi connectivity index (χ0) is 19.2. The van der Waals surface area contributed by atoms with Crippen LogP contribution in [0.4, 0.5) is 4.79 Å². The Balaban J connectivity index is 1.61. The van der Waals surface area contributed by atoms with Gasteiger partial charge in [-0.2, -0.15) is 0 Å². The summed E-state index contributed by atoms with van der Waals surface area (Å²) in [6, 6.07) is -1.35. The summed E-state index contributed by atoms with van der Waals surface area (Å²) >= 11 is 0. The maximum absolute atomic E-state index is 13.0. The van der Waals surface area contributed by atoms with Gasteiger partial charge in [-0.1, -0.05) is 27.7 Å². The third kappa shape index (κ3) is 3.67. The first-order valence-corrected chi connectivity index (χ1v) is 9.66. The first-order chi connectivity index (χ1) is 12.1. The molecule has 3 amide bonds. The fourth-order valence-electron chi connectivity index (χ4n) is 4.66. The van der Waals surface area contributed by atoms with E-state index in [2.05, 4.69) is 12.2 Å². The highest BCUT2D eigenvalue weighted by Crippen LogP contribution is 2.57. The number of fused-ring (bicyclic) bond motifs is 1. The van der Waals surface area contributed by atoms with Crippen LogP contribution in [0.3, 0.4) is 0 Å². The number of ether oxygens (including phenoxy) is 1.